The molecule has 0 N–H and O–H groups in total. The molecule has 10 aromatic rings. The number of para-hydroxylation sites is 2. The van der Waals surface area contributed by atoms with E-state index in [1.807, 2.05) is 24.3 Å². The van der Waals surface area contributed by atoms with Gasteiger partial charge in [-0.2, -0.15) is 0 Å². The van der Waals surface area contributed by atoms with Crippen LogP contribution in [0.2, 0.25) is 0 Å². The van der Waals surface area contributed by atoms with E-state index in [0.29, 0.717) is 17.5 Å². The van der Waals surface area contributed by atoms with Gasteiger partial charge in [0.25, 0.3) is 0 Å². The third-order valence-corrected chi connectivity index (χ3v) is 10.3. The third kappa shape index (κ3) is 5.96. The summed E-state index contributed by atoms with van der Waals surface area (Å²) in [5.41, 5.74) is 12.9. The van der Waals surface area contributed by atoms with E-state index in [1.54, 1.807) is 0 Å². The van der Waals surface area contributed by atoms with Crippen molar-refractivity contribution in [3.8, 4) is 73.2 Å². The van der Waals surface area contributed by atoms with Gasteiger partial charge in [-0.25, -0.2) is 15.0 Å². The lowest BCUT2D eigenvalue weighted by atomic mass is 9.92. The number of hydrogen-bond donors (Lipinski definition) is 0. The van der Waals surface area contributed by atoms with Crippen molar-refractivity contribution in [2.45, 2.75) is 0 Å². The summed E-state index contributed by atoms with van der Waals surface area (Å²) < 4.78 is 2.43. The molecule has 4 nitrogen and oxygen atoms in total. The highest BCUT2D eigenvalue weighted by molar-refractivity contribution is 6.10. The highest BCUT2D eigenvalue weighted by Gasteiger charge is 2.23. The molecule has 2 aromatic heterocycles. The summed E-state index contributed by atoms with van der Waals surface area (Å²) in [5, 5.41) is 2.43. The molecular weight excluding hydrogens is 669 g/mol. The van der Waals surface area contributed by atoms with Gasteiger partial charge in [-0.15, -0.1) is 0 Å². The Morgan fingerprint density at radius 3 is 1.07 bits per heavy atom. The van der Waals surface area contributed by atoms with Gasteiger partial charge in [0.15, 0.2) is 17.5 Å². The Morgan fingerprint density at radius 2 is 0.600 bits per heavy atom. The van der Waals surface area contributed by atoms with Gasteiger partial charge in [0.2, 0.25) is 0 Å². The lowest BCUT2D eigenvalue weighted by Crippen LogP contribution is -2.04. The molecule has 0 aliphatic rings. The second-order valence-electron chi connectivity index (χ2n) is 13.6. The number of hydrogen-bond acceptors (Lipinski definition) is 3. The molecule has 2 heterocycles. The van der Waals surface area contributed by atoms with E-state index in [1.165, 1.54) is 16.3 Å². The molecule has 0 aliphatic carbocycles. The first-order chi connectivity index (χ1) is 27.3. The van der Waals surface area contributed by atoms with Gasteiger partial charge in [-0.3, -0.25) is 0 Å². The molecule has 258 valence electrons. The molecule has 0 aliphatic heterocycles. The first kappa shape index (κ1) is 32.2. The molecule has 0 bridgehead atoms. The van der Waals surface area contributed by atoms with Crippen molar-refractivity contribution in [3.05, 3.63) is 206 Å². The molecule has 0 atom stereocenters. The largest absolute Gasteiger partial charge is 0.308 e. The lowest BCUT2D eigenvalue weighted by Gasteiger charge is -2.21. The van der Waals surface area contributed by atoms with Crippen LogP contribution in [0, 0.1) is 0 Å². The van der Waals surface area contributed by atoms with Gasteiger partial charge in [0.05, 0.1) is 16.7 Å². The summed E-state index contributed by atoms with van der Waals surface area (Å²) in [6.07, 6.45) is 0. The number of aromatic nitrogens is 4. The van der Waals surface area contributed by atoms with Gasteiger partial charge in [-0.1, -0.05) is 182 Å². The van der Waals surface area contributed by atoms with E-state index in [2.05, 4.69) is 187 Å². The topological polar surface area (TPSA) is 43.6 Å². The zero-order valence-corrected chi connectivity index (χ0v) is 29.9. The Bertz CT molecular complexity index is 2820. The summed E-state index contributed by atoms with van der Waals surface area (Å²) in [6, 6.07) is 72.3. The van der Waals surface area contributed by atoms with Crippen LogP contribution >= 0.6 is 0 Å². The van der Waals surface area contributed by atoms with Crippen molar-refractivity contribution in [1.29, 1.82) is 0 Å². The van der Waals surface area contributed by atoms with Crippen molar-refractivity contribution in [1.82, 2.24) is 19.5 Å². The smallest absolute Gasteiger partial charge is 0.164 e. The summed E-state index contributed by atoms with van der Waals surface area (Å²) in [7, 11) is 0. The predicted octanol–water partition coefficient (Wildman–Crippen LogP) is 13.0. The van der Waals surface area contributed by atoms with Crippen LogP contribution in [0.3, 0.4) is 0 Å². The molecule has 4 heteroatoms. The quantitative estimate of drug-likeness (QED) is 0.166. The third-order valence-electron chi connectivity index (χ3n) is 10.3. The normalized spacial score (nSPS) is 11.3. The maximum absolute atomic E-state index is 5.23. The zero-order chi connectivity index (χ0) is 36.6. The van der Waals surface area contributed by atoms with Crippen molar-refractivity contribution >= 4 is 21.8 Å². The van der Waals surface area contributed by atoms with Crippen LogP contribution < -0.4 is 0 Å². The predicted molar refractivity (Wildman–Crippen MR) is 227 cm³/mol. The van der Waals surface area contributed by atoms with Crippen LogP contribution in [-0.2, 0) is 0 Å². The summed E-state index contributed by atoms with van der Waals surface area (Å²) >= 11 is 0. The molecule has 10 rings (SSSR count). The van der Waals surface area contributed by atoms with Crippen molar-refractivity contribution < 1.29 is 0 Å². The molecule has 8 aromatic carbocycles. The minimum atomic E-state index is 0.610. The maximum atomic E-state index is 5.23. The molecule has 0 amide bonds. The Balaban J connectivity index is 1.26. The van der Waals surface area contributed by atoms with Crippen molar-refractivity contribution in [3.63, 3.8) is 0 Å². The van der Waals surface area contributed by atoms with Crippen LogP contribution in [0.15, 0.2) is 206 Å². The van der Waals surface area contributed by atoms with E-state index in [4.69, 9.17) is 15.0 Å². The fourth-order valence-corrected chi connectivity index (χ4v) is 7.64. The first-order valence-electron chi connectivity index (χ1n) is 18.5. The Labute approximate surface area is 319 Å². The standard InChI is InChI=1S/C51H34N4/c1-5-17-35(18-6-1)36-29-31-40(32-30-36)50-52-49(39-23-11-4-12-24-39)53-51(54-50)41-33-44(37-19-7-2-8-20-37)48(45(34-41)38-21-9-3-10-22-38)55-46-27-15-13-25-42(46)43-26-14-16-28-47(43)55/h1-34H. The van der Waals surface area contributed by atoms with E-state index < -0.39 is 0 Å². The second kappa shape index (κ2) is 13.8. The maximum Gasteiger partial charge on any atom is 0.164 e. The molecule has 0 saturated heterocycles. The van der Waals surface area contributed by atoms with Crippen molar-refractivity contribution in [2.75, 3.05) is 0 Å². The minimum Gasteiger partial charge on any atom is -0.308 e. The molecule has 0 fully saturated rings. The molecule has 55 heavy (non-hydrogen) atoms. The molecular formula is C51H34N4. The zero-order valence-electron chi connectivity index (χ0n) is 29.9. The van der Waals surface area contributed by atoms with Gasteiger partial charge in [-0.05, 0) is 46.5 Å². The summed E-state index contributed by atoms with van der Waals surface area (Å²) in [4.78, 5) is 15.5. The molecule has 0 spiro atoms. The second-order valence-corrected chi connectivity index (χ2v) is 13.6. The SMILES string of the molecule is c1ccc(-c2ccc(-c3nc(-c4ccccc4)nc(-c4cc(-c5ccccc5)c(-n5c6ccccc6c6ccccc65)c(-c5ccccc5)c4)n3)cc2)cc1. The number of rotatable bonds is 7. The Hall–Kier alpha value is -7.43. The highest BCUT2D eigenvalue weighted by Crippen LogP contribution is 2.43. The van der Waals surface area contributed by atoms with E-state index >= 15 is 0 Å². The number of fused-ring (bicyclic) bond motifs is 3. The van der Waals surface area contributed by atoms with Crippen LogP contribution in [0.4, 0.5) is 0 Å². The van der Waals surface area contributed by atoms with E-state index in [0.717, 1.165) is 61.2 Å². The van der Waals surface area contributed by atoms with E-state index in [9.17, 15) is 0 Å². The monoisotopic (exact) mass is 702 g/mol. The molecule has 0 saturated carbocycles. The van der Waals surface area contributed by atoms with Gasteiger partial charge in [0.1, 0.15) is 0 Å². The molecule has 0 radical (unpaired) electrons. The van der Waals surface area contributed by atoms with Crippen LogP contribution in [-0.4, -0.2) is 19.5 Å². The number of benzene rings is 8. The summed E-state index contributed by atoms with van der Waals surface area (Å²) in [6.45, 7) is 0. The Kier molecular flexibility index (Phi) is 8.12. The average molecular weight is 703 g/mol. The Morgan fingerprint density at radius 1 is 0.273 bits per heavy atom. The lowest BCUT2D eigenvalue weighted by molar-refractivity contribution is 1.07. The van der Waals surface area contributed by atoms with Gasteiger partial charge >= 0.3 is 0 Å². The van der Waals surface area contributed by atoms with Gasteiger partial charge < -0.3 is 4.57 Å². The fraction of sp³-hybridized carbons (Fsp3) is 0. The fourth-order valence-electron chi connectivity index (χ4n) is 7.64. The van der Waals surface area contributed by atoms with Crippen LogP contribution in [0.5, 0.6) is 0 Å². The first-order valence-corrected chi connectivity index (χ1v) is 18.5. The average Bonchev–Trinajstić information content (AvgIpc) is 3.61. The number of nitrogens with zero attached hydrogens (tertiary/aromatic N) is 4. The van der Waals surface area contributed by atoms with Crippen LogP contribution in [0.1, 0.15) is 0 Å². The molecule has 0 unspecified atom stereocenters. The summed E-state index contributed by atoms with van der Waals surface area (Å²) in [5.74, 6) is 1.86. The van der Waals surface area contributed by atoms with Crippen molar-refractivity contribution in [2.24, 2.45) is 0 Å². The van der Waals surface area contributed by atoms with E-state index in [-0.39, 0.29) is 0 Å². The minimum absolute atomic E-state index is 0.610. The van der Waals surface area contributed by atoms with Crippen LogP contribution in [0.25, 0.3) is 95.0 Å². The highest BCUT2D eigenvalue weighted by atomic mass is 15.0. The van der Waals surface area contributed by atoms with Gasteiger partial charge in [0, 0.05) is 38.6 Å².